The van der Waals surface area contributed by atoms with E-state index in [9.17, 15) is 9.59 Å². The molecule has 9 nitrogen and oxygen atoms in total. The van der Waals surface area contributed by atoms with E-state index in [0.717, 1.165) is 40.8 Å². The van der Waals surface area contributed by atoms with Crippen molar-refractivity contribution < 1.29 is 9.47 Å². The van der Waals surface area contributed by atoms with Crippen molar-refractivity contribution in [1.29, 1.82) is 0 Å². The summed E-state index contributed by atoms with van der Waals surface area (Å²) in [5.74, 6) is 1.93. The minimum Gasteiger partial charge on any atom is -0.454 e. The molecule has 1 aliphatic rings. The Morgan fingerprint density at radius 2 is 1.83 bits per heavy atom. The first-order valence-electron chi connectivity index (χ1n) is 10.2. The molecule has 0 saturated heterocycles. The van der Waals surface area contributed by atoms with Crippen LogP contribution in [0.3, 0.4) is 0 Å². The number of anilines is 2. The van der Waals surface area contributed by atoms with Crippen molar-refractivity contribution in [3.8, 4) is 11.5 Å². The van der Waals surface area contributed by atoms with E-state index < -0.39 is 0 Å². The zero-order chi connectivity index (χ0) is 21.8. The standard InChI is InChI=1S/C21H31N5O4/c1-6-7-8-22-12-23-19-18(20(27)26(5)21(28)25(19)4)24(3)11-15-10-17-16(9-14(15)2)29-13-30-17/h9-10,22-23H,6-8,11-13H2,1-5H3. The Kier molecular flexibility index (Phi) is 6.71. The number of fused-ring (bicyclic) bond motifs is 1. The van der Waals surface area contributed by atoms with Gasteiger partial charge < -0.3 is 25.0 Å². The molecule has 0 atom stereocenters. The number of nitrogens with one attached hydrogen (secondary N) is 2. The molecule has 0 unspecified atom stereocenters. The van der Waals surface area contributed by atoms with Crippen molar-refractivity contribution in [2.75, 3.05) is 37.3 Å². The maximum atomic E-state index is 13.0. The van der Waals surface area contributed by atoms with Gasteiger partial charge >= 0.3 is 5.69 Å². The van der Waals surface area contributed by atoms with Crippen LogP contribution < -0.4 is 36.3 Å². The molecule has 0 bridgehead atoms. The summed E-state index contributed by atoms with van der Waals surface area (Å²) in [6.07, 6.45) is 2.16. The first kappa shape index (κ1) is 21.8. The molecule has 0 fully saturated rings. The predicted molar refractivity (Wildman–Crippen MR) is 118 cm³/mol. The number of unbranched alkanes of at least 4 members (excludes halogenated alkanes) is 1. The largest absolute Gasteiger partial charge is 0.454 e. The first-order valence-corrected chi connectivity index (χ1v) is 10.2. The number of nitrogens with zero attached hydrogens (tertiary/aromatic N) is 3. The van der Waals surface area contributed by atoms with Gasteiger partial charge in [0.25, 0.3) is 5.56 Å². The lowest BCUT2D eigenvalue weighted by atomic mass is 10.1. The van der Waals surface area contributed by atoms with Gasteiger partial charge in [-0.1, -0.05) is 13.3 Å². The monoisotopic (exact) mass is 417 g/mol. The van der Waals surface area contributed by atoms with E-state index in [1.807, 2.05) is 31.0 Å². The second kappa shape index (κ2) is 9.25. The van der Waals surface area contributed by atoms with Gasteiger partial charge in [0.2, 0.25) is 6.79 Å². The van der Waals surface area contributed by atoms with Gasteiger partial charge in [-0.3, -0.25) is 13.9 Å². The van der Waals surface area contributed by atoms with Crippen LogP contribution in [0.4, 0.5) is 11.5 Å². The van der Waals surface area contributed by atoms with Crippen LogP contribution in [0.15, 0.2) is 21.7 Å². The highest BCUT2D eigenvalue weighted by Gasteiger charge is 2.21. The molecule has 3 rings (SSSR count). The van der Waals surface area contributed by atoms with Gasteiger partial charge in [0.1, 0.15) is 11.5 Å². The third-order valence-electron chi connectivity index (χ3n) is 5.35. The molecule has 164 valence electrons. The van der Waals surface area contributed by atoms with E-state index in [-0.39, 0.29) is 18.0 Å². The Morgan fingerprint density at radius 3 is 2.53 bits per heavy atom. The molecule has 30 heavy (non-hydrogen) atoms. The van der Waals surface area contributed by atoms with Crippen molar-refractivity contribution in [1.82, 2.24) is 14.5 Å². The van der Waals surface area contributed by atoms with Crippen LogP contribution >= 0.6 is 0 Å². The lowest BCUT2D eigenvalue weighted by Crippen LogP contribution is -2.42. The number of rotatable bonds is 9. The molecule has 2 aromatic rings. The van der Waals surface area contributed by atoms with Crippen LogP contribution in [0, 0.1) is 6.92 Å². The topological polar surface area (TPSA) is 89.8 Å². The van der Waals surface area contributed by atoms with Crippen LogP contribution in [0.25, 0.3) is 0 Å². The molecule has 1 aromatic carbocycles. The summed E-state index contributed by atoms with van der Waals surface area (Å²) in [7, 11) is 5.01. The smallest absolute Gasteiger partial charge is 0.332 e. The Morgan fingerprint density at radius 1 is 1.13 bits per heavy atom. The summed E-state index contributed by atoms with van der Waals surface area (Å²) >= 11 is 0. The Hall–Kier alpha value is -2.94. The van der Waals surface area contributed by atoms with E-state index in [1.54, 1.807) is 7.05 Å². The van der Waals surface area contributed by atoms with Crippen molar-refractivity contribution in [2.45, 2.75) is 33.2 Å². The Bertz CT molecular complexity index is 1030. The third kappa shape index (κ3) is 4.30. The lowest BCUT2D eigenvalue weighted by molar-refractivity contribution is 0.174. The minimum atomic E-state index is -0.368. The molecule has 0 radical (unpaired) electrons. The highest BCUT2D eigenvalue weighted by Crippen LogP contribution is 2.35. The number of ether oxygens (including phenoxy) is 2. The zero-order valence-corrected chi connectivity index (χ0v) is 18.4. The maximum absolute atomic E-state index is 13.0. The quantitative estimate of drug-likeness (QED) is 0.472. The molecule has 0 spiro atoms. The van der Waals surface area contributed by atoms with Crippen molar-refractivity contribution in [3.63, 3.8) is 0 Å². The summed E-state index contributed by atoms with van der Waals surface area (Å²) in [6.45, 7) is 6.16. The molecule has 0 saturated carbocycles. The molecule has 1 aliphatic heterocycles. The van der Waals surface area contributed by atoms with Crippen molar-refractivity contribution >= 4 is 11.5 Å². The minimum absolute atomic E-state index is 0.217. The molecule has 1 aromatic heterocycles. The van der Waals surface area contributed by atoms with Gasteiger partial charge in [-0.15, -0.1) is 0 Å². The summed E-state index contributed by atoms with van der Waals surface area (Å²) in [4.78, 5) is 27.3. The van der Waals surface area contributed by atoms with E-state index in [2.05, 4.69) is 17.6 Å². The second-order valence-corrected chi connectivity index (χ2v) is 7.60. The lowest BCUT2D eigenvalue weighted by Gasteiger charge is -2.25. The summed E-state index contributed by atoms with van der Waals surface area (Å²) < 4.78 is 13.5. The number of benzene rings is 1. The molecular formula is C21H31N5O4. The summed E-state index contributed by atoms with van der Waals surface area (Å²) in [6, 6.07) is 3.89. The van der Waals surface area contributed by atoms with Crippen molar-refractivity contribution in [2.24, 2.45) is 14.1 Å². The van der Waals surface area contributed by atoms with Gasteiger partial charge in [-0.2, -0.15) is 0 Å². The van der Waals surface area contributed by atoms with Crippen LogP contribution in [-0.4, -0.2) is 36.2 Å². The third-order valence-corrected chi connectivity index (χ3v) is 5.35. The molecule has 0 amide bonds. The number of aromatic nitrogens is 2. The molecule has 0 aliphatic carbocycles. The van der Waals surface area contributed by atoms with Gasteiger partial charge in [0.15, 0.2) is 11.5 Å². The fourth-order valence-electron chi connectivity index (χ4n) is 3.50. The fraction of sp³-hybridized carbons (Fsp3) is 0.524. The number of hydrogen-bond donors (Lipinski definition) is 2. The van der Waals surface area contributed by atoms with Gasteiger partial charge in [-0.25, -0.2) is 4.79 Å². The normalized spacial score (nSPS) is 12.3. The van der Waals surface area contributed by atoms with E-state index in [1.165, 1.54) is 11.6 Å². The second-order valence-electron chi connectivity index (χ2n) is 7.60. The molecular weight excluding hydrogens is 386 g/mol. The number of hydrogen-bond acceptors (Lipinski definition) is 7. The molecule has 2 heterocycles. The summed E-state index contributed by atoms with van der Waals surface area (Å²) in [5.41, 5.74) is 1.80. The highest BCUT2D eigenvalue weighted by atomic mass is 16.7. The van der Waals surface area contributed by atoms with Gasteiger partial charge in [0, 0.05) is 27.7 Å². The average Bonchev–Trinajstić information content (AvgIpc) is 3.17. The van der Waals surface area contributed by atoms with Gasteiger partial charge in [0.05, 0.1) is 6.67 Å². The fourth-order valence-corrected chi connectivity index (χ4v) is 3.50. The first-order chi connectivity index (χ1) is 14.3. The highest BCUT2D eigenvalue weighted by molar-refractivity contribution is 5.65. The van der Waals surface area contributed by atoms with Crippen LogP contribution in [-0.2, 0) is 20.6 Å². The molecule has 2 N–H and O–H groups in total. The van der Waals surface area contributed by atoms with Crippen LogP contribution in [0.5, 0.6) is 11.5 Å². The zero-order valence-electron chi connectivity index (χ0n) is 18.4. The average molecular weight is 418 g/mol. The van der Waals surface area contributed by atoms with E-state index in [4.69, 9.17) is 9.47 Å². The van der Waals surface area contributed by atoms with E-state index in [0.29, 0.717) is 30.5 Å². The Labute approximate surface area is 176 Å². The summed E-state index contributed by atoms with van der Waals surface area (Å²) in [5, 5.41) is 6.51. The SMILES string of the molecule is CCCCNCNc1c(N(C)Cc2cc3c(cc2C)OCO3)c(=O)n(C)c(=O)n1C. The number of aryl methyl sites for hydroxylation is 1. The maximum Gasteiger partial charge on any atom is 0.332 e. The van der Waals surface area contributed by atoms with E-state index >= 15 is 0 Å². The molecule has 9 heteroatoms. The van der Waals surface area contributed by atoms with Crippen LogP contribution in [0.1, 0.15) is 30.9 Å². The van der Waals surface area contributed by atoms with Crippen molar-refractivity contribution in [3.05, 3.63) is 44.1 Å². The van der Waals surface area contributed by atoms with Gasteiger partial charge in [-0.05, 0) is 43.1 Å². The Balaban J connectivity index is 1.91. The predicted octanol–water partition coefficient (Wildman–Crippen LogP) is 1.52. The van der Waals surface area contributed by atoms with Crippen LogP contribution in [0.2, 0.25) is 0 Å².